The smallest absolute Gasteiger partial charge is 0.348 e. The van der Waals surface area contributed by atoms with Gasteiger partial charge in [-0.15, -0.1) is 0 Å². The second-order valence-corrected chi connectivity index (χ2v) is 10.8. The lowest BCUT2D eigenvalue weighted by Gasteiger charge is -2.42. The summed E-state index contributed by atoms with van der Waals surface area (Å²) in [6.07, 6.45) is 1.22. The molecule has 0 radical (unpaired) electrons. The van der Waals surface area contributed by atoms with Gasteiger partial charge in [0.1, 0.15) is 0 Å². The average Bonchev–Trinajstić information content (AvgIpc) is 3.23. The molecule has 31 heavy (non-hydrogen) atoms. The second kappa shape index (κ2) is 8.26. The van der Waals surface area contributed by atoms with Crippen molar-refractivity contribution in [1.82, 2.24) is 0 Å². The van der Waals surface area contributed by atoms with Crippen LogP contribution in [0.15, 0.2) is 46.2 Å². The van der Waals surface area contributed by atoms with Crippen LogP contribution in [0, 0.1) is 0 Å². The number of fused-ring (bicyclic) bond motifs is 2. The minimum absolute atomic E-state index is 0.200. The van der Waals surface area contributed by atoms with Crippen LogP contribution < -0.4 is 11.5 Å². The first-order valence-electron chi connectivity index (χ1n) is 9.92. The van der Waals surface area contributed by atoms with E-state index in [1.807, 2.05) is 0 Å². The SMILES string of the molecule is NCCCS(CCCN)(c1cccc2c1C(=O)OC2=O)c1cccc2c1C(=O)OC2=O. The molecule has 0 atom stereocenters. The minimum atomic E-state index is -2.11. The molecule has 0 bridgehead atoms. The van der Waals surface area contributed by atoms with Gasteiger partial charge in [-0.3, -0.25) is 0 Å². The number of hydrogen-bond acceptors (Lipinski definition) is 8. The second-order valence-electron chi connectivity index (χ2n) is 7.29. The third-order valence-electron chi connectivity index (χ3n) is 5.51. The zero-order valence-corrected chi connectivity index (χ0v) is 17.5. The minimum Gasteiger partial charge on any atom is -0.386 e. The summed E-state index contributed by atoms with van der Waals surface area (Å²) in [6.45, 7) is 0.794. The zero-order chi connectivity index (χ0) is 22.2. The van der Waals surface area contributed by atoms with Crippen LogP contribution in [-0.4, -0.2) is 48.5 Å². The molecule has 0 saturated heterocycles. The highest BCUT2D eigenvalue weighted by molar-refractivity contribution is 8.33. The largest absolute Gasteiger partial charge is 0.386 e. The van der Waals surface area contributed by atoms with Crippen molar-refractivity contribution in [2.45, 2.75) is 22.6 Å². The summed E-state index contributed by atoms with van der Waals surface area (Å²) in [5, 5.41) is 0. The van der Waals surface area contributed by atoms with E-state index in [4.69, 9.17) is 20.9 Å². The van der Waals surface area contributed by atoms with Gasteiger partial charge in [0.15, 0.2) is 0 Å². The molecule has 2 aromatic carbocycles. The molecule has 9 heteroatoms. The fourth-order valence-electron chi connectivity index (χ4n) is 4.18. The monoisotopic (exact) mass is 442 g/mol. The highest BCUT2D eigenvalue weighted by Crippen LogP contribution is 2.66. The van der Waals surface area contributed by atoms with Gasteiger partial charge in [-0.2, -0.15) is 10.0 Å². The molecule has 0 amide bonds. The van der Waals surface area contributed by atoms with Crippen molar-refractivity contribution in [3.05, 3.63) is 58.7 Å². The van der Waals surface area contributed by atoms with Crippen LogP contribution in [0.2, 0.25) is 0 Å². The molecule has 4 rings (SSSR count). The van der Waals surface area contributed by atoms with Gasteiger partial charge in [-0.1, -0.05) is 12.1 Å². The average molecular weight is 442 g/mol. The first kappa shape index (κ1) is 21.2. The molecule has 2 aliphatic rings. The van der Waals surface area contributed by atoms with E-state index < -0.39 is 33.9 Å². The van der Waals surface area contributed by atoms with Gasteiger partial charge in [-0.25, -0.2) is 19.2 Å². The number of hydrogen-bond donors (Lipinski definition) is 2. The van der Waals surface area contributed by atoms with Crippen LogP contribution in [0.5, 0.6) is 0 Å². The molecular weight excluding hydrogens is 420 g/mol. The lowest BCUT2D eigenvalue weighted by molar-refractivity contribution is 0.0424. The van der Waals surface area contributed by atoms with Crippen LogP contribution in [0.4, 0.5) is 0 Å². The van der Waals surface area contributed by atoms with E-state index in [1.165, 1.54) is 0 Å². The van der Waals surface area contributed by atoms with Gasteiger partial charge in [0, 0.05) is 9.79 Å². The van der Waals surface area contributed by atoms with Gasteiger partial charge in [-0.05, 0) is 61.7 Å². The maximum absolute atomic E-state index is 12.6. The molecule has 0 unspecified atom stereocenters. The fourth-order valence-corrected chi connectivity index (χ4v) is 8.66. The van der Waals surface area contributed by atoms with Gasteiger partial charge < -0.3 is 20.9 Å². The summed E-state index contributed by atoms with van der Waals surface area (Å²) in [5.74, 6) is -1.70. The Hall–Kier alpha value is -3.01. The molecule has 0 spiro atoms. The van der Waals surface area contributed by atoms with Crippen LogP contribution in [0.1, 0.15) is 54.3 Å². The standard InChI is InChI=1S/C22H22N2O6S/c23-9-3-11-31(12-4-10-24,15-7-1-5-13-17(15)21(27)29-19(13)25)16-8-2-6-14-18(16)22(28)30-20(14)26/h1-2,5-8H,3-4,9-12,23-24H2. The number of ether oxygens (including phenoxy) is 2. The molecule has 0 fully saturated rings. The molecule has 0 aliphatic carbocycles. The quantitative estimate of drug-likeness (QED) is 0.469. The Morgan fingerprint density at radius 1 is 0.645 bits per heavy atom. The molecule has 2 aromatic rings. The highest BCUT2D eigenvalue weighted by Gasteiger charge is 2.43. The maximum Gasteiger partial charge on any atom is 0.348 e. The number of benzene rings is 2. The number of cyclic esters (lactones) is 4. The van der Waals surface area contributed by atoms with Crippen molar-refractivity contribution >= 4 is 33.9 Å². The van der Waals surface area contributed by atoms with Crippen molar-refractivity contribution in [1.29, 1.82) is 0 Å². The molecule has 2 heterocycles. The third-order valence-corrected chi connectivity index (χ3v) is 9.84. The number of carbonyl (C=O) groups excluding carboxylic acids is 4. The summed E-state index contributed by atoms with van der Waals surface area (Å²) in [4.78, 5) is 51.0. The summed E-state index contributed by atoms with van der Waals surface area (Å²) in [6, 6.07) is 10.1. The van der Waals surface area contributed by atoms with Crippen molar-refractivity contribution in [2.24, 2.45) is 11.5 Å². The fraction of sp³-hybridized carbons (Fsp3) is 0.273. The molecule has 162 valence electrons. The number of carbonyl (C=O) groups is 4. The van der Waals surface area contributed by atoms with Crippen molar-refractivity contribution in [3.63, 3.8) is 0 Å². The highest BCUT2D eigenvalue weighted by atomic mass is 32.3. The number of rotatable bonds is 8. The van der Waals surface area contributed by atoms with Crippen LogP contribution >= 0.6 is 10.0 Å². The first-order valence-corrected chi connectivity index (χ1v) is 11.9. The van der Waals surface area contributed by atoms with Gasteiger partial charge >= 0.3 is 23.9 Å². The summed E-state index contributed by atoms with van der Waals surface area (Å²) < 4.78 is 9.77. The van der Waals surface area contributed by atoms with Crippen molar-refractivity contribution < 1.29 is 28.7 Å². The van der Waals surface area contributed by atoms with Crippen LogP contribution in [0.25, 0.3) is 0 Å². The van der Waals surface area contributed by atoms with E-state index in [1.54, 1.807) is 36.4 Å². The molecule has 0 aromatic heterocycles. The van der Waals surface area contributed by atoms with E-state index in [-0.39, 0.29) is 22.3 Å². The molecule has 2 aliphatic heterocycles. The lowest BCUT2D eigenvalue weighted by Crippen LogP contribution is -2.20. The zero-order valence-electron chi connectivity index (χ0n) is 16.7. The Bertz CT molecular complexity index is 1030. The Kier molecular flexibility index (Phi) is 5.65. The van der Waals surface area contributed by atoms with Gasteiger partial charge in [0.2, 0.25) is 0 Å². The van der Waals surface area contributed by atoms with E-state index in [0.717, 1.165) is 0 Å². The number of esters is 4. The van der Waals surface area contributed by atoms with E-state index in [0.29, 0.717) is 47.2 Å². The third kappa shape index (κ3) is 3.34. The molecular formula is C22H22N2O6S. The predicted molar refractivity (Wildman–Crippen MR) is 114 cm³/mol. The normalized spacial score (nSPS) is 15.5. The Morgan fingerprint density at radius 2 is 1.06 bits per heavy atom. The van der Waals surface area contributed by atoms with E-state index in [2.05, 4.69) is 0 Å². The summed E-state index contributed by atoms with van der Waals surface area (Å²) in [7, 11) is -2.11. The Morgan fingerprint density at radius 3 is 1.45 bits per heavy atom. The van der Waals surface area contributed by atoms with E-state index in [9.17, 15) is 19.2 Å². The predicted octanol–water partition coefficient (Wildman–Crippen LogP) is 2.23. The summed E-state index contributed by atoms with van der Waals surface area (Å²) in [5.41, 5.74) is 12.5. The number of nitrogens with two attached hydrogens (primary N) is 2. The van der Waals surface area contributed by atoms with Gasteiger partial charge in [0.25, 0.3) is 0 Å². The first-order chi connectivity index (χ1) is 14.9. The van der Waals surface area contributed by atoms with Crippen LogP contribution in [-0.2, 0) is 9.47 Å². The Balaban J connectivity index is 2.05. The lowest BCUT2D eigenvalue weighted by atomic mass is 10.1. The van der Waals surface area contributed by atoms with Crippen molar-refractivity contribution in [2.75, 3.05) is 24.6 Å². The Labute approximate surface area is 180 Å². The molecule has 0 saturated carbocycles. The van der Waals surface area contributed by atoms with Crippen molar-refractivity contribution in [3.8, 4) is 0 Å². The summed E-state index contributed by atoms with van der Waals surface area (Å²) >= 11 is 0. The van der Waals surface area contributed by atoms with E-state index >= 15 is 0 Å². The maximum atomic E-state index is 12.6. The molecule has 8 nitrogen and oxygen atoms in total. The van der Waals surface area contributed by atoms with Gasteiger partial charge in [0.05, 0.1) is 22.3 Å². The van der Waals surface area contributed by atoms with Crippen LogP contribution in [0.3, 0.4) is 0 Å². The molecule has 4 N–H and O–H groups in total. The topological polar surface area (TPSA) is 139 Å².